The third-order valence-electron chi connectivity index (χ3n) is 3.59. The van der Waals surface area contributed by atoms with Crippen molar-refractivity contribution >= 4 is 11.5 Å². The van der Waals surface area contributed by atoms with Crippen molar-refractivity contribution in [3.8, 4) is 0 Å². The lowest BCUT2D eigenvalue weighted by atomic mass is 9.86. The average Bonchev–Trinajstić information content (AvgIpc) is 2.77. The van der Waals surface area contributed by atoms with E-state index in [0.29, 0.717) is 5.84 Å². The number of unbranched alkanes of at least 4 members (excludes halogenated alkanes) is 1. The molecule has 0 saturated heterocycles. The van der Waals surface area contributed by atoms with Gasteiger partial charge in [0.05, 0.1) is 11.4 Å². The van der Waals surface area contributed by atoms with Crippen molar-refractivity contribution in [1.82, 2.24) is 9.78 Å². The minimum Gasteiger partial charge on any atom is -0.409 e. The van der Waals surface area contributed by atoms with Crippen molar-refractivity contribution in [2.45, 2.75) is 46.5 Å². The van der Waals surface area contributed by atoms with Crippen LogP contribution in [-0.4, -0.2) is 27.4 Å². The molecule has 0 aliphatic heterocycles. The molecule has 114 valence electrons. The summed E-state index contributed by atoms with van der Waals surface area (Å²) in [6.07, 6.45) is 5.91. The van der Waals surface area contributed by atoms with Gasteiger partial charge >= 0.3 is 0 Å². The van der Waals surface area contributed by atoms with Crippen LogP contribution in [0.2, 0.25) is 0 Å². The van der Waals surface area contributed by atoms with E-state index in [9.17, 15) is 0 Å². The number of aromatic nitrogens is 2. The van der Waals surface area contributed by atoms with E-state index < -0.39 is 0 Å². The van der Waals surface area contributed by atoms with Gasteiger partial charge in [0.25, 0.3) is 0 Å². The second kappa shape index (κ2) is 7.17. The molecule has 0 aromatic carbocycles. The fourth-order valence-corrected chi connectivity index (χ4v) is 2.12. The predicted octanol–water partition coefficient (Wildman–Crippen LogP) is 2.34. The third kappa shape index (κ3) is 4.43. The van der Waals surface area contributed by atoms with Crippen molar-refractivity contribution in [1.29, 1.82) is 0 Å². The predicted molar refractivity (Wildman–Crippen MR) is 82.1 cm³/mol. The van der Waals surface area contributed by atoms with Crippen LogP contribution in [-0.2, 0) is 13.5 Å². The average molecular weight is 281 g/mol. The van der Waals surface area contributed by atoms with Crippen molar-refractivity contribution in [3.05, 3.63) is 11.9 Å². The molecule has 0 aliphatic rings. The van der Waals surface area contributed by atoms with Crippen molar-refractivity contribution in [2.24, 2.45) is 23.4 Å². The van der Waals surface area contributed by atoms with Crippen LogP contribution < -0.4 is 11.1 Å². The monoisotopic (exact) mass is 281 g/mol. The molecule has 1 aromatic rings. The molecule has 4 N–H and O–H groups in total. The Balaban J connectivity index is 2.32. The highest BCUT2D eigenvalue weighted by molar-refractivity contribution is 5.85. The van der Waals surface area contributed by atoms with Gasteiger partial charge in [-0.1, -0.05) is 32.3 Å². The van der Waals surface area contributed by atoms with Crippen LogP contribution in [0.3, 0.4) is 0 Å². The van der Waals surface area contributed by atoms with Gasteiger partial charge in [0.2, 0.25) is 0 Å². The number of nitrogens with zero attached hydrogens (tertiary/aromatic N) is 3. The first-order valence-corrected chi connectivity index (χ1v) is 7.15. The summed E-state index contributed by atoms with van der Waals surface area (Å²) < 4.78 is 1.84. The minimum absolute atomic E-state index is 0.252. The van der Waals surface area contributed by atoms with E-state index in [4.69, 9.17) is 10.9 Å². The normalized spacial score (nSPS) is 12.7. The largest absolute Gasteiger partial charge is 0.409 e. The highest BCUT2D eigenvalue weighted by atomic mass is 16.4. The zero-order valence-electron chi connectivity index (χ0n) is 13.0. The summed E-state index contributed by atoms with van der Waals surface area (Å²) in [5, 5.41) is 19.6. The van der Waals surface area contributed by atoms with Gasteiger partial charge in [-0.15, -0.1) is 0 Å². The minimum atomic E-state index is -0.252. The Hall–Kier alpha value is -1.72. The molecule has 0 bridgehead atoms. The lowest BCUT2D eigenvalue weighted by Crippen LogP contribution is -2.31. The molecule has 0 unspecified atom stereocenters. The highest BCUT2D eigenvalue weighted by Gasteiger charge is 2.22. The summed E-state index contributed by atoms with van der Waals surface area (Å²) in [6, 6.07) is 0. The van der Waals surface area contributed by atoms with Crippen molar-refractivity contribution < 1.29 is 5.21 Å². The number of oxime groups is 1. The van der Waals surface area contributed by atoms with Crippen LogP contribution in [0.15, 0.2) is 11.4 Å². The second-order valence-electron chi connectivity index (χ2n) is 5.77. The van der Waals surface area contributed by atoms with Crippen LogP contribution in [0.4, 0.5) is 5.69 Å². The Morgan fingerprint density at radius 1 is 1.50 bits per heavy atom. The summed E-state index contributed by atoms with van der Waals surface area (Å²) in [5.41, 5.74) is 7.64. The van der Waals surface area contributed by atoms with Gasteiger partial charge in [-0.2, -0.15) is 5.10 Å². The third-order valence-corrected chi connectivity index (χ3v) is 3.59. The molecule has 1 aromatic heterocycles. The van der Waals surface area contributed by atoms with E-state index in [1.165, 1.54) is 0 Å². The van der Waals surface area contributed by atoms with Crippen LogP contribution in [0.5, 0.6) is 0 Å². The molecule has 0 aliphatic carbocycles. The summed E-state index contributed by atoms with van der Waals surface area (Å²) >= 11 is 0. The number of nitrogens with one attached hydrogen (secondary N) is 1. The standard InChI is InChI=1S/C14H27N5O/c1-5-11-12(10-19(4)17-11)16-9-7-6-8-14(2,3)13(15)18-20/h10,16,20H,5-9H2,1-4H3,(H2,15,18). The maximum Gasteiger partial charge on any atom is 0.144 e. The molecular formula is C14H27N5O. The smallest absolute Gasteiger partial charge is 0.144 e. The maximum absolute atomic E-state index is 8.72. The van der Waals surface area contributed by atoms with Gasteiger partial charge in [-0.05, 0) is 19.3 Å². The molecule has 0 atom stereocenters. The Morgan fingerprint density at radius 2 is 2.20 bits per heavy atom. The summed E-state index contributed by atoms with van der Waals surface area (Å²) in [5.74, 6) is 0.297. The molecule has 0 saturated carbocycles. The highest BCUT2D eigenvalue weighted by Crippen LogP contribution is 2.23. The fraction of sp³-hybridized carbons (Fsp3) is 0.714. The van der Waals surface area contributed by atoms with Gasteiger partial charge in [-0.3, -0.25) is 4.68 Å². The molecule has 0 radical (unpaired) electrons. The number of aryl methyl sites for hydroxylation is 2. The van der Waals surface area contributed by atoms with E-state index in [2.05, 4.69) is 22.5 Å². The topological polar surface area (TPSA) is 88.5 Å². The Labute approximate surface area is 121 Å². The first-order chi connectivity index (χ1) is 9.40. The van der Waals surface area contributed by atoms with Crippen molar-refractivity contribution in [2.75, 3.05) is 11.9 Å². The van der Waals surface area contributed by atoms with Crippen LogP contribution in [0.1, 0.15) is 45.7 Å². The first-order valence-electron chi connectivity index (χ1n) is 7.15. The molecule has 0 amide bonds. The fourth-order valence-electron chi connectivity index (χ4n) is 2.12. The Bertz CT molecular complexity index is 450. The summed E-state index contributed by atoms with van der Waals surface area (Å²) in [7, 11) is 1.93. The molecule has 0 fully saturated rings. The van der Waals surface area contributed by atoms with Crippen LogP contribution >= 0.6 is 0 Å². The molecule has 1 rings (SSSR count). The Morgan fingerprint density at radius 3 is 2.80 bits per heavy atom. The molecule has 6 nitrogen and oxygen atoms in total. The van der Waals surface area contributed by atoms with E-state index >= 15 is 0 Å². The number of anilines is 1. The number of hydrogen-bond donors (Lipinski definition) is 3. The lowest BCUT2D eigenvalue weighted by Gasteiger charge is -2.22. The summed E-state index contributed by atoms with van der Waals surface area (Å²) in [6.45, 7) is 7.00. The molecule has 6 heteroatoms. The number of hydrogen-bond acceptors (Lipinski definition) is 4. The quantitative estimate of drug-likeness (QED) is 0.224. The maximum atomic E-state index is 8.72. The zero-order chi connectivity index (χ0) is 15.2. The van der Waals surface area contributed by atoms with E-state index in [-0.39, 0.29) is 5.41 Å². The van der Waals surface area contributed by atoms with E-state index in [0.717, 1.165) is 43.6 Å². The lowest BCUT2D eigenvalue weighted by molar-refractivity contribution is 0.304. The van der Waals surface area contributed by atoms with Crippen LogP contribution in [0, 0.1) is 5.41 Å². The number of amidine groups is 1. The van der Waals surface area contributed by atoms with Gasteiger partial charge in [0.1, 0.15) is 5.84 Å². The molecule has 0 spiro atoms. The Kier molecular flexibility index (Phi) is 5.85. The SMILES string of the molecule is CCc1nn(C)cc1NCCCCC(C)(C)/C(N)=N/O. The molecule has 1 heterocycles. The van der Waals surface area contributed by atoms with E-state index in [1.807, 2.05) is 31.8 Å². The van der Waals surface area contributed by atoms with Crippen LogP contribution in [0.25, 0.3) is 0 Å². The number of nitrogens with two attached hydrogens (primary N) is 1. The first kappa shape index (κ1) is 16.3. The van der Waals surface area contributed by atoms with Gasteiger partial charge in [0, 0.05) is 25.2 Å². The van der Waals surface area contributed by atoms with Crippen molar-refractivity contribution in [3.63, 3.8) is 0 Å². The number of rotatable bonds is 8. The summed E-state index contributed by atoms with van der Waals surface area (Å²) in [4.78, 5) is 0. The molecular weight excluding hydrogens is 254 g/mol. The van der Waals surface area contributed by atoms with Gasteiger partial charge < -0.3 is 16.3 Å². The second-order valence-corrected chi connectivity index (χ2v) is 5.77. The zero-order valence-corrected chi connectivity index (χ0v) is 13.0. The molecule has 20 heavy (non-hydrogen) atoms. The van der Waals surface area contributed by atoms with Gasteiger partial charge in [0.15, 0.2) is 0 Å². The van der Waals surface area contributed by atoms with Gasteiger partial charge in [-0.25, -0.2) is 0 Å². The van der Waals surface area contributed by atoms with E-state index in [1.54, 1.807) is 0 Å².